The molecule has 2 rings (SSSR count). The van der Waals surface area contributed by atoms with Crippen LogP contribution in [0, 0.1) is 6.92 Å². The third-order valence-corrected chi connectivity index (χ3v) is 3.20. The molecular weight excluding hydrogens is 262 g/mol. The largest absolute Gasteiger partial charge is 0.493 e. The Morgan fingerprint density at radius 2 is 1.75 bits per heavy atom. The maximum Gasteiger partial charge on any atom is 0.354 e. The quantitative estimate of drug-likeness (QED) is 0.767. The van der Waals surface area contributed by atoms with E-state index in [0.717, 1.165) is 11.1 Å². The minimum Gasteiger partial charge on any atom is -0.493 e. The third kappa shape index (κ3) is 2.17. The monoisotopic (exact) mass is 279 g/mol. The number of hydrogen-bond donors (Lipinski definition) is 0. The molecule has 1 aromatic carbocycles. The smallest absolute Gasteiger partial charge is 0.354 e. The second kappa shape index (κ2) is 5.40. The van der Waals surface area contributed by atoms with Crippen molar-refractivity contribution in [2.75, 3.05) is 28.4 Å². The van der Waals surface area contributed by atoms with E-state index in [0.29, 0.717) is 23.0 Å². The molecule has 0 saturated carbocycles. The van der Waals surface area contributed by atoms with Crippen molar-refractivity contribution >= 4 is 11.7 Å². The zero-order valence-corrected chi connectivity index (χ0v) is 12.1. The average molecular weight is 279 g/mol. The number of aliphatic imine (C=N–C) groups is 1. The maximum absolute atomic E-state index is 11.5. The first-order valence-electron chi connectivity index (χ1n) is 6.04. The summed E-state index contributed by atoms with van der Waals surface area (Å²) >= 11 is 0. The van der Waals surface area contributed by atoms with Crippen molar-refractivity contribution in [3.05, 3.63) is 17.2 Å². The van der Waals surface area contributed by atoms with Gasteiger partial charge >= 0.3 is 5.97 Å². The zero-order chi connectivity index (χ0) is 14.9. The molecule has 0 amide bonds. The molecule has 0 bridgehead atoms. The molecule has 1 unspecified atom stereocenters. The molecule has 0 N–H and O–H groups in total. The summed E-state index contributed by atoms with van der Waals surface area (Å²) in [7, 11) is 5.97. The molecule has 1 heterocycles. The molecule has 108 valence electrons. The molecule has 20 heavy (non-hydrogen) atoms. The minimum atomic E-state index is -0.425. The van der Waals surface area contributed by atoms with Crippen molar-refractivity contribution in [3.8, 4) is 17.2 Å². The number of ether oxygens (including phenoxy) is 4. The Hall–Kier alpha value is -2.24. The fourth-order valence-corrected chi connectivity index (χ4v) is 2.21. The Morgan fingerprint density at radius 1 is 1.10 bits per heavy atom. The highest BCUT2D eigenvalue weighted by Gasteiger charge is 2.40. The van der Waals surface area contributed by atoms with Gasteiger partial charge in [-0.1, -0.05) is 0 Å². The van der Waals surface area contributed by atoms with E-state index < -0.39 is 5.97 Å². The predicted octanol–water partition coefficient (Wildman–Crippen LogP) is 1.69. The third-order valence-electron chi connectivity index (χ3n) is 3.20. The number of carbonyl (C=O) groups excluding carboxylic acids is 1. The molecular formula is C14H17NO5. The van der Waals surface area contributed by atoms with Crippen LogP contribution >= 0.6 is 0 Å². The predicted molar refractivity (Wildman–Crippen MR) is 73.0 cm³/mol. The van der Waals surface area contributed by atoms with Crippen LogP contribution in [0.2, 0.25) is 0 Å². The van der Waals surface area contributed by atoms with Gasteiger partial charge in [-0.15, -0.1) is 0 Å². The number of rotatable bonds is 5. The molecule has 0 fully saturated rings. The summed E-state index contributed by atoms with van der Waals surface area (Å²) in [6.07, 6.45) is 0. The Balaban J connectivity index is 2.47. The molecule has 1 aliphatic heterocycles. The standard InChI is InChI=1S/C14H17NO5/c1-7-6-8(17-2)12(18-3)13(19-4)9(7)10-11(15-10)14(16)20-5/h6,10H,1-5H3. The lowest BCUT2D eigenvalue weighted by Crippen LogP contribution is -2.10. The van der Waals surface area contributed by atoms with E-state index in [1.807, 2.05) is 13.0 Å². The van der Waals surface area contributed by atoms with E-state index in [2.05, 4.69) is 9.73 Å². The van der Waals surface area contributed by atoms with Gasteiger partial charge in [-0.3, -0.25) is 4.99 Å². The molecule has 6 nitrogen and oxygen atoms in total. The summed E-state index contributed by atoms with van der Waals surface area (Å²) in [6.45, 7) is 1.91. The molecule has 0 radical (unpaired) electrons. The van der Waals surface area contributed by atoms with Gasteiger partial charge in [0, 0.05) is 5.56 Å². The fourth-order valence-electron chi connectivity index (χ4n) is 2.21. The van der Waals surface area contributed by atoms with Crippen LogP contribution < -0.4 is 14.2 Å². The van der Waals surface area contributed by atoms with E-state index in [9.17, 15) is 4.79 Å². The molecule has 1 atom stereocenters. The number of benzene rings is 1. The van der Waals surface area contributed by atoms with Crippen molar-refractivity contribution < 1.29 is 23.7 Å². The van der Waals surface area contributed by atoms with Gasteiger partial charge in [-0.2, -0.15) is 0 Å². The van der Waals surface area contributed by atoms with Crippen LogP contribution in [-0.2, 0) is 9.53 Å². The van der Waals surface area contributed by atoms with Crippen molar-refractivity contribution in [3.63, 3.8) is 0 Å². The Labute approximate surface area is 117 Å². The Bertz CT molecular complexity index is 579. The highest BCUT2D eigenvalue weighted by molar-refractivity contribution is 6.44. The van der Waals surface area contributed by atoms with Crippen LogP contribution in [0.4, 0.5) is 0 Å². The molecule has 0 aromatic heterocycles. The molecule has 0 aliphatic carbocycles. The van der Waals surface area contributed by atoms with Gasteiger partial charge in [-0.25, -0.2) is 4.79 Å². The lowest BCUT2D eigenvalue weighted by Gasteiger charge is -2.17. The van der Waals surface area contributed by atoms with Crippen LogP contribution in [0.1, 0.15) is 17.2 Å². The number of carbonyl (C=O) groups is 1. The highest BCUT2D eigenvalue weighted by Crippen LogP contribution is 2.48. The van der Waals surface area contributed by atoms with Crippen LogP contribution in [0.3, 0.4) is 0 Å². The van der Waals surface area contributed by atoms with Crippen LogP contribution in [0.5, 0.6) is 17.2 Å². The topological polar surface area (TPSA) is 66.4 Å². The first-order chi connectivity index (χ1) is 9.58. The van der Waals surface area contributed by atoms with Crippen LogP contribution in [0.25, 0.3) is 0 Å². The molecule has 1 aliphatic rings. The SMILES string of the molecule is COC(=O)C1=NC1c1c(C)cc(OC)c(OC)c1OC. The average Bonchev–Trinajstić information content (AvgIpc) is 3.24. The van der Waals surface area contributed by atoms with Gasteiger partial charge in [0.25, 0.3) is 0 Å². The number of nitrogens with zero attached hydrogens (tertiary/aromatic N) is 1. The van der Waals surface area contributed by atoms with Crippen molar-refractivity contribution in [2.45, 2.75) is 13.0 Å². The first kappa shape index (κ1) is 14.2. The summed E-state index contributed by atoms with van der Waals surface area (Å²) in [5, 5.41) is 0. The van der Waals surface area contributed by atoms with E-state index in [1.165, 1.54) is 14.2 Å². The van der Waals surface area contributed by atoms with Crippen molar-refractivity contribution in [2.24, 2.45) is 4.99 Å². The lowest BCUT2D eigenvalue weighted by atomic mass is 10.00. The normalized spacial score (nSPS) is 16.2. The van der Waals surface area contributed by atoms with E-state index in [4.69, 9.17) is 14.2 Å². The van der Waals surface area contributed by atoms with Crippen molar-refractivity contribution in [1.82, 2.24) is 0 Å². The second-order valence-corrected chi connectivity index (χ2v) is 4.28. The number of hydrogen-bond acceptors (Lipinski definition) is 6. The van der Waals surface area contributed by atoms with Crippen molar-refractivity contribution in [1.29, 1.82) is 0 Å². The van der Waals surface area contributed by atoms with E-state index in [1.54, 1.807) is 14.2 Å². The second-order valence-electron chi connectivity index (χ2n) is 4.28. The number of methoxy groups -OCH3 is 4. The maximum atomic E-state index is 11.5. The summed E-state index contributed by atoms with van der Waals surface area (Å²) in [6, 6.07) is 1.50. The van der Waals surface area contributed by atoms with Crippen LogP contribution in [0.15, 0.2) is 11.1 Å². The Morgan fingerprint density at radius 3 is 2.25 bits per heavy atom. The summed E-state index contributed by atoms with van der Waals surface area (Å²) in [5.74, 6) is 1.16. The van der Waals surface area contributed by atoms with Gasteiger partial charge in [-0.05, 0) is 18.6 Å². The number of esters is 1. The van der Waals surface area contributed by atoms with Gasteiger partial charge in [0.2, 0.25) is 5.75 Å². The van der Waals surface area contributed by atoms with Gasteiger partial charge < -0.3 is 18.9 Å². The number of aryl methyl sites for hydroxylation is 1. The summed E-state index contributed by atoms with van der Waals surface area (Å²) in [5.41, 5.74) is 2.10. The summed E-state index contributed by atoms with van der Waals surface area (Å²) in [4.78, 5) is 15.7. The summed E-state index contributed by atoms with van der Waals surface area (Å²) < 4.78 is 20.7. The van der Waals surface area contributed by atoms with Crippen LogP contribution in [-0.4, -0.2) is 40.1 Å². The minimum absolute atomic E-state index is 0.336. The molecule has 0 spiro atoms. The first-order valence-corrected chi connectivity index (χ1v) is 6.04. The van der Waals surface area contributed by atoms with Gasteiger partial charge in [0.05, 0.1) is 28.4 Å². The highest BCUT2D eigenvalue weighted by atomic mass is 16.5. The van der Waals surface area contributed by atoms with E-state index >= 15 is 0 Å². The van der Waals surface area contributed by atoms with E-state index in [-0.39, 0.29) is 6.04 Å². The molecule has 6 heteroatoms. The van der Waals surface area contributed by atoms with Gasteiger partial charge in [0.1, 0.15) is 6.04 Å². The molecule has 0 saturated heterocycles. The fraction of sp³-hybridized carbons (Fsp3) is 0.429. The van der Waals surface area contributed by atoms with Gasteiger partial charge in [0.15, 0.2) is 17.2 Å². The zero-order valence-electron chi connectivity index (χ0n) is 12.1. The molecule has 1 aromatic rings. The lowest BCUT2D eigenvalue weighted by molar-refractivity contribution is -0.132. The Kier molecular flexibility index (Phi) is 3.83.